The molecule has 0 saturated heterocycles. The first-order valence-corrected chi connectivity index (χ1v) is 9.85. The molecule has 29 heavy (non-hydrogen) atoms. The van der Waals surface area contributed by atoms with Crippen LogP contribution in [0.5, 0.6) is 0 Å². The Morgan fingerprint density at radius 1 is 0.655 bits per heavy atom. The molecule has 1 aliphatic rings. The number of Topliss-reactive ketones (excluding diaryl/α,β-unsaturated/α-hetero) is 3. The summed E-state index contributed by atoms with van der Waals surface area (Å²) in [6, 6.07) is 23.9. The molecule has 3 aromatic carbocycles. The molecule has 0 radical (unpaired) electrons. The number of ketones is 3. The van der Waals surface area contributed by atoms with Crippen molar-refractivity contribution in [1.82, 2.24) is 0 Å². The number of carbonyl (C=O) groups is 3. The van der Waals surface area contributed by atoms with Crippen LogP contribution in [0.2, 0.25) is 0 Å². The third-order valence-electron chi connectivity index (χ3n) is 5.62. The van der Waals surface area contributed by atoms with Gasteiger partial charge < -0.3 is 0 Å². The fourth-order valence-corrected chi connectivity index (χ4v) is 4.01. The van der Waals surface area contributed by atoms with Gasteiger partial charge in [0.25, 0.3) is 0 Å². The fraction of sp³-hybridized carbons (Fsp3) is 0.192. The largest absolute Gasteiger partial charge is 0.297 e. The van der Waals surface area contributed by atoms with Gasteiger partial charge in [0.05, 0.1) is 5.92 Å². The van der Waals surface area contributed by atoms with Crippen LogP contribution in [0.3, 0.4) is 0 Å². The van der Waals surface area contributed by atoms with Gasteiger partial charge in [0.1, 0.15) is 5.92 Å². The molecule has 1 atom stereocenters. The van der Waals surface area contributed by atoms with Crippen molar-refractivity contribution in [2.24, 2.45) is 5.92 Å². The summed E-state index contributed by atoms with van der Waals surface area (Å²) in [6.07, 6.45) is 0. The third-order valence-corrected chi connectivity index (χ3v) is 5.62. The minimum Gasteiger partial charge on any atom is -0.297 e. The Labute approximate surface area is 170 Å². The zero-order valence-electron chi connectivity index (χ0n) is 16.5. The summed E-state index contributed by atoms with van der Waals surface area (Å²) in [5.41, 5.74) is 3.44. The van der Waals surface area contributed by atoms with E-state index in [1.165, 1.54) is 5.56 Å². The second kappa shape index (κ2) is 7.59. The summed E-state index contributed by atoms with van der Waals surface area (Å²) in [4.78, 5) is 39.4. The maximum absolute atomic E-state index is 13.6. The summed E-state index contributed by atoms with van der Waals surface area (Å²) >= 11 is 0. The molecule has 0 saturated carbocycles. The molecule has 144 valence electrons. The maximum Gasteiger partial charge on any atom is 0.181 e. The zero-order chi connectivity index (χ0) is 20.5. The minimum atomic E-state index is -1.28. The lowest BCUT2D eigenvalue weighted by atomic mass is 9.80. The van der Waals surface area contributed by atoms with E-state index < -0.39 is 23.4 Å². The normalized spacial score (nSPS) is 14.9. The molecule has 3 nitrogen and oxygen atoms in total. The Bertz CT molecular complexity index is 1040. The number of carbonyl (C=O) groups excluding carboxylic acids is 3. The molecule has 0 aliphatic heterocycles. The highest BCUT2D eigenvalue weighted by molar-refractivity contribution is 6.36. The first kappa shape index (κ1) is 19.0. The van der Waals surface area contributed by atoms with Crippen LogP contribution in [0.25, 0.3) is 0 Å². The Balaban J connectivity index is 1.77. The van der Waals surface area contributed by atoms with Gasteiger partial charge in [-0.25, -0.2) is 0 Å². The third kappa shape index (κ3) is 3.33. The summed E-state index contributed by atoms with van der Waals surface area (Å²) < 4.78 is 0. The van der Waals surface area contributed by atoms with Crippen LogP contribution in [0, 0.1) is 5.92 Å². The number of hydrogen-bond donors (Lipinski definition) is 0. The summed E-state index contributed by atoms with van der Waals surface area (Å²) in [6.45, 7) is 4.23. The van der Waals surface area contributed by atoms with Crippen molar-refractivity contribution >= 4 is 17.3 Å². The van der Waals surface area contributed by atoms with E-state index in [4.69, 9.17) is 0 Å². The van der Waals surface area contributed by atoms with Crippen molar-refractivity contribution in [2.45, 2.75) is 25.7 Å². The van der Waals surface area contributed by atoms with Crippen molar-refractivity contribution in [3.8, 4) is 0 Å². The van der Waals surface area contributed by atoms with Crippen LogP contribution in [-0.4, -0.2) is 17.3 Å². The zero-order valence-corrected chi connectivity index (χ0v) is 16.5. The lowest BCUT2D eigenvalue weighted by molar-refractivity contribution is -0.120. The van der Waals surface area contributed by atoms with E-state index in [9.17, 15) is 14.4 Å². The lowest BCUT2D eigenvalue weighted by Crippen LogP contribution is -2.31. The molecule has 0 fully saturated rings. The molecule has 0 N–H and O–H groups in total. The van der Waals surface area contributed by atoms with Gasteiger partial charge in [0.2, 0.25) is 0 Å². The second-order valence-corrected chi connectivity index (χ2v) is 7.77. The van der Waals surface area contributed by atoms with E-state index in [0.29, 0.717) is 17.0 Å². The van der Waals surface area contributed by atoms with Gasteiger partial charge in [0, 0.05) is 11.1 Å². The number of rotatable bonds is 5. The Kier molecular flexibility index (Phi) is 4.98. The Morgan fingerprint density at radius 3 is 1.62 bits per heavy atom. The van der Waals surface area contributed by atoms with Gasteiger partial charge in [-0.15, -0.1) is 0 Å². The quantitative estimate of drug-likeness (QED) is 0.570. The Morgan fingerprint density at radius 2 is 1.10 bits per heavy atom. The van der Waals surface area contributed by atoms with Crippen LogP contribution >= 0.6 is 0 Å². The monoisotopic (exact) mass is 382 g/mol. The van der Waals surface area contributed by atoms with Gasteiger partial charge >= 0.3 is 0 Å². The van der Waals surface area contributed by atoms with Gasteiger partial charge in [-0.3, -0.25) is 14.4 Å². The topological polar surface area (TPSA) is 51.2 Å². The predicted octanol–water partition coefficient (Wildman–Crippen LogP) is 5.21. The van der Waals surface area contributed by atoms with Gasteiger partial charge in [-0.05, 0) is 22.6 Å². The van der Waals surface area contributed by atoms with E-state index in [1.807, 2.05) is 54.6 Å². The van der Waals surface area contributed by atoms with Crippen LogP contribution in [-0.2, 0) is 4.79 Å². The molecular weight excluding hydrogens is 360 g/mol. The molecule has 0 amide bonds. The summed E-state index contributed by atoms with van der Waals surface area (Å²) in [7, 11) is 0. The maximum atomic E-state index is 13.6. The second-order valence-electron chi connectivity index (χ2n) is 7.77. The van der Waals surface area contributed by atoms with E-state index in [0.717, 1.165) is 11.1 Å². The molecular formula is C26H22O3. The fourth-order valence-electron chi connectivity index (χ4n) is 4.01. The van der Waals surface area contributed by atoms with Gasteiger partial charge in [0.15, 0.2) is 17.3 Å². The van der Waals surface area contributed by atoms with Gasteiger partial charge in [-0.1, -0.05) is 92.7 Å². The standard InChI is InChI=1S/C26H22O3/c1-16(2)17-12-14-19(15-13-17)22(18-8-4-3-5-9-18)26(29)23-24(27)20-10-6-7-11-21(20)25(23)28/h3-16,22-23H,1-2H3. The van der Waals surface area contributed by atoms with Crippen LogP contribution < -0.4 is 0 Å². The molecule has 0 spiro atoms. The predicted molar refractivity (Wildman–Crippen MR) is 112 cm³/mol. The minimum absolute atomic E-state index is 0.345. The number of hydrogen-bond acceptors (Lipinski definition) is 3. The number of benzene rings is 3. The van der Waals surface area contributed by atoms with Crippen molar-refractivity contribution in [1.29, 1.82) is 0 Å². The summed E-state index contributed by atoms with van der Waals surface area (Å²) in [5, 5.41) is 0. The lowest BCUT2D eigenvalue weighted by Gasteiger charge is -2.20. The van der Waals surface area contributed by atoms with Crippen molar-refractivity contribution in [3.63, 3.8) is 0 Å². The first-order valence-electron chi connectivity index (χ1n) is 9.85. The summed E-state index contributed by atoms with van der Waals surface area (Å²) in [5.74, 6) is -2.71. The molecule has 0 aromatic heterocycles. The van der Waals surface area contributed by atoms with Crippen molar-refractivity contribution in [2.75, 3.05) is 0 Å². The van der Waals surface area contributed by atoms with Crippen LogP contribution in [0.15, 0.2) is 78.9 Å². The molecule has 4 rings (SSSR count). The van der Waals surface area contributed by atoms with Gasteiger partial charge in [-0.2, -0.15) is 0 Å². The molecule has 3 aromatic rings. The SMILES string of the molecule is CC(C)c1ccc(C(C(=O)C2C(=O)c3ccccc3C2=O)c2ccccc2)cc1. The molecule has 1 unspecified atom stereocenters. The highest BCUT2D eigenvalue weighted by Crippen LogP contribution is 2.35. The molecule has 1 aliphatic carbocycles. The van der Waals surface area contributed by atoms with E-state index in [-0.39, 0.29) is 5.78 Å². The highest BCUT2D eigenvalue weighted by atomic mass is 16.2. The van der Waals surface area contributed by atoms with E-state index in [2.05, 4.69) is 13.8 Å². The van der Waals surface area contributed by atoms with E-state index >= 15 is 0 Å². The van der Waals surface area contributed by atoms with Crippen molar-refractivity contribution < 1.29 is 14.4 Å². The van der Waals surface area contributed by atoms with Crippen LogP contribution in [0.1, 0.15) is 63.1 Å². The Hall–Kier alpha value is -3.33. The number of fused-ring (bicyclic) bond motifs is 1. The van der Waals surface area contributed by atoms with Crippen molar-refractivity contribution in [3.05, 3.63) is 107 Å². The van der Waals surface area contributed by atoms with Crippen LogP contribution in [0.4, 0.5) is 0 Å². The average molecular weight is 382 g/mol. The smallest absolute Gasteiger partial charge is 0.181 e. The molecule has 0 bridgehead atoms. The molecule has 3 heteroatoms. The van der Waals surface area contributed by atoms with E-state index in [1.54, 1.807) is 24.3 Å². The highest BCUT2D eigenvalue weighted by Gasteiger charge is 2.45. The first-order chi connectivity index (χ1) is 14.0. The average Bonchev–Trinajstić information content (AvgIpc) is 3.00. The molecule has 0 heterocycles.